The van der Waals surface area contributed by atoms with Crippen LogP contribution < -0.4 is 25.8 Å². The molecule has 1 saturated heterocycles. The summed E-state index contributed by atoms with van der Waals surface area (Å²) < 4.78 is 64.0. The highest BCUT2D eigenvalue weighted by Crippen LogP contribution is 2.45. The van der Waals surface area contributed by atoms with E-state index in [9.17, 15) is 27.5 Å². The second kappa shape index (κ2) is 9.12. The molecule has 9 nitrogen and oxygen atoms in total. The maximum absolute atomic E-state index is 14.9. The standard InChI is InChI=1S/C25H25ClF4N6O3/c1-35-16-5-4-13(32-21-15(26)9-31-23(34-21)36-7-6-24(27,28)17(37)10-36)8-14(16)18-19(22(35)38)39-11-25(29,30)20(33-18)12-2-3-12/h4-5,8-9,12,17,20,33,37H,2-3,6-7,10-11H2,1H3,(H,31,32,34)/t17?,20-/m0/s1. The molecule has 2 aliphatic heterocycles. The van der Waals surface area contributed by atoms with E-state index in [0.717, 1.165) is 0 Å². The number of β-amino-alcohol motifs (C(OH)–C–C–N with tert-alkyl or cyclic N) is 1. The van der Waals surface area contributed by atoms with Gasteiger partial charge in [0, 0.05) is 31.1 Å². The summed E-state index contributed by atoms with van der Waals surface area (Å²) in [5.41, 5.74) is 0.637. The van der Waals surface area contributed by atoms with Crippen molar-refractivity contribution in [2.45, 2.75) is 43.3 Å². The number of aryl methyl sites for hydroxylation is 1. The van der Waals surface area contributed by atoms with Crippen molar-refractivity contribution in [3.8, 4) is 5.75 Å². The van der Waals surface area contributed by atoms with Gasteiger partial charge >= 0.3 is 5.92 Å². The number of anilines is 4. The fourth-order valence-electron chi connectivity index (χ4n) is 5.09. The quantitative estimate of drug-likeness (QED) is 0.403. The summed E-state index contributed by atoms with van der Waals surface area (Å²) in [4.78, 5) is 22.9. The van der Waals surface area contributed by atoms with Crippen molar-refractivity contribution >= 4 is 45.6 Å². The molecule has 3 aromatic rings. The zero-order valence-electron chi connectivity index (χ0n) is 20.7. The van der Waals surface area contributed by atoms with Crippen molar-refractivity contribution in [3.63, 3.8) is 0 Å². The first-order valence-corrected chi connectivity index (χ1v) is 12.9. The summed E-state index contributed by atoms with van der Waals surface area (Å²) in [5.74, 6) is -6.46. The van der Waals surface area contributed by atoms with Crippen LogP contribution in [0.5, 0.6) is 5.75 Å². The molecule has 6 rings (SSSR count). The molecule has 208 valence electrons. The Kier molecular flexibility index (Phi) is 6.06. The average molecular weight is 569 g/mol. The van der Waals surface area contributed by atoms with E-state index in [1.165, 1.54) is 22.7 Å². The van der Waals surface area contributed by atoms with Crippen LogP contribution in [0.4, 0.5) is 40.7 Å². The SMILES string of the molecule is Cn1c(=O)c2c(c3cc(Nc4nc(N5CCC(F)(F)C(O)C5)ncc4Cl)ccc31)N[C@@H](C1CC1)C(F)(F)CO2. The van der Waals surface area contributed by atoms with E-state index >= 15 is 0 Å². The molecule has 2 fully saturated rings. The number of aliphatic hydroxyl groups is 1. The van der Waals surface area contributed by atoms with Gasteiger partial charge in [0.1, 0.15) is 11.1 Å². The summed E-state index contributed by atoms with van der Waals surface area (Å²) >= 11 is 6.32. The van der Waals surface area contributed by atoms with Crippen molar-refractivity contribution in [1.29, 1.82) is 0 Å². The number of benzene rings is 1. The lowest BCUT2D eigenvalue weighted by Gasteiger charge is -2.35. The van der Waals surface area contributed by atoms with Gasteiger partial charge in [-0.2, -0.15) is 4.98 Å². The molecule has 2 atom stereocenters. The average Bonchev–Trinajstić information content (AvgIpc) is 3.73. The maximum atomic E-state index is 14.9. The molecule has 1 aromatic carbocycles. The lowest BCUT2D eigenvalue weighted by molar-refractivity contribution is -0.118. The number of aromatic nitrogens is 3. The van der Waals surface area contributed by atoms with Gasteiger partial charge in [0.05, 0.1) is 30.0 Å². The van der Waals surface area contributed by atoms with Gasteiger partial charge in [-0.15, -0.1) is 0 Å². The molecule has 4 heterocycles. The fourth-order valence-corrected chi connectivity index (χ4v) is 5.22. The van der Waals surface area contributed by atoms with Gasteiger partial charge in [0.15, 0.2) is 12.4 Å². The highest BCUT2D eigenvalue weighted by molar-refractivity contribution is 6.33. The molecule has 3 N–H and O–H groups in total. The van der Waals surface area contributed by atoms with Crippen molar-refractivity contribution in [1.82, 2.24) is 14.5 Å². The van der Waals surface area contributed by atoms with E-state index in [4.69, 9.17) is 16.3 Å². The Balaban J connectivity index is 1.36. The first-order valence-electron chi connectivity index (χ1n) is 12.5. The van der Waals surface area contributed by atoms with Crippen LogP contribution in [0, 0.1) is 5.92 Å². The highest BCUT2D eigenvalue weighted by atomic mass is 35.5. The third-order valence-electron chi connectivity index (χ3n) is 7.48. The van der Waals surface area contributed by atoms with Crippen LogP contribution in [0.2, 0.25) is 5.02 Å². The largest absolute Gasteiger partial charge is 0.480 e. The number of nitrogens with zero attached hydrogens (tertiary/aromatic N) is 4. The van der Waals surface area contributed by atoms with Crippen molar-refractivity contribution in [3.05, 3.63) is 39.8 Å². The van der Waals surface area contributed by atoms with Gasteiger partial charge in [-0.1, -0.05) is 11.6 Å². The van der Waals surface area contributed by atoms with Crippen LogP contribution in [0.25, 0.3) is 10.9 Å². The zero-order chi connectivity index (χ0) is 27.7. The van der Waals surface area contributed by atoms with Gasteiger partial charge in [0.2, 0.25) is 11.7 Å². The molecule has 14 heteroatoms. The Hall–Kier alpha value is -3.32. The predicted octanol–water partition coefficient (Wildman–Crippen LogP) is 4.15. The van der Waals surface area contributed by atoms with Gasteiger partial charge < -0.3 is 29.9 Å². The molecule has 0 bridgehead atoms. The van der Waals surface area contributed by atoms with Crippen molar-refractivity contribution in [2.75, 3.05) is 35.2 Å². The zero-order valence-corrected chi connectivity index (χ0v) is 21.5. The Morgan fingerprint density at radius 1 is 1.23 bits per heavy atom. The number of hydrogen-bond acceptors (Lipinski definition) is 8. The molecule has 1 aliphatic carbocycles. The molecular formula is C25H25ClF4N6O3. The molecule has 2 aromatic heterocycles. The third-order valence-corrected chi connectivity index (χ3v) is 7.76. The van der Waals surface area contributed by atoms with Gasteiger partial charge in [-0.25, -0.2) is 22.5 Å². The molecule has 1 saturated carbocycles. The smallest absolute Gasteiger partial charge is 0.301 e. The van der Waals surface area contributed by atoms with E-state index in [1.807, 2.05) is 0 Å². The van der Waals surface area contributed by atoms with Crippen LogP contribution >= 0.6 is 11.6 Å². The number of hydrogen-bond donors (Lipinski definition) is 3. The Labute approximate surface area is 224 Å². The third kappa shape index (κ3) is 4.61. The molecule has 0 amide bonds. The van der Waals surface area contributed by atoms with Crippen molar-refractivity contribution < 1.29 is 27.4 Å². The summed E-state index contributed by atoms with van der Waals surface area (Å²) in [6.45, 7) is -1.30. The van der Waals surface area contributed by atoms with E-state index in [-0.39, 0.29) is 47.2 Å². The number of piperidine rings is 1. The van der Waals surface area contributed by atoms with Crippen LogP contribution in [0.1, 0.15) is 19.3 Å². The van der Waals surface area contributed by atoms with Crippen LogP contribution in [-0.4, -0.2) is 63.3 Å². The number of ether oxygens (including phenoxy) is 1. The van der Waals surface area contributed by atoms with Crippen molar-refractivity contribution in [2.24, 2.45) is 13.0 Å². The predicted molar refractivity (Wildman–Crippen MR) is 138 cm³/mol. The normalized spacial score (nSPS) is 23.9. The summed E-state index contributed by atoms with van der Waals surface area (Å²) in [7, 11) is 1.53. The maximum Gasteiger partial charge on any atom is 0.301 e. The van der Waals surface area contributed by atoms with Gasteiger partial charge in [0.25, 0.3) is 11.5 Å². The first kappa shape index (κ1) is 25.9. The molecule has 0 radical (unpaired) electrons. The Bertz CT molecular complexity index is 1520. The second-order valence-electron chi connectivity index (χ2n) is 10.3. The van der Waals surface area contributed by atoms with Crippen LogP contribution in [-0.2, 0) is 7.05 Å². The summed E-state index contributed by atoms with van der Waals surface area (Å²) in [5, 5.41) is 16.4. The monoisotopic (exact) mass is 568 g/mol. The number of fused-ring (bicyclic) bond motifs is 3. The summed E-state index contributed by atoms with van der Waals surface area (Å²) in [6.07, 6.45) is 0.246. The fraction of sp³-hybridized carbons (Fsp3) is 0.480. The number of alkyl halides is 4. The van der Waals surface area contributed by atoms with E-state index < -0.39 is 42.6 Å². The number of nitrogens with one attached hydrogen (secondary N) is 2. The lowest BCUT2D eigenvalue weighted by atomic mass is 10.0. The first-order chi connectivity index (χ1) is 18.4. The minimum absolute atomic E-state index is 0.0558. The number of pyridine rings is 1. The molecule has 0 spiro atoms. The summed E-state index contributed by atoms with van der Waals surface area (Å²) in [6, 6.07) is 3.83. The number of halogens is 5. The van der Waals surface area contributed by atoms with Gasteiger partial charge in [-0.3, -0.25) is 4.79 Å². The van der Waals surface area contributed by atoms with E-state index in [1.54, 1.807) is 18.2 Å². The van der Waals surface area contributed by atoms with Crippen LogP contribution in [0.3, 0.4) is 0 Å². The molecule has 39 heavy (non-hydrogen) atoms. The lowest BCUT2D eigenvalue weighted by Crippen LogP contribution is -2.51. The highest BCUT2D eigenvalue weighted by Gasteiger charge is 2.51. The number of rotatable bonds is 4. The minimum atomic E-state index is -3.19. The molecule has 3 aliphatic rings. The molecule has 1 unspecified atom stereocenters. The minimum Gasteiger partial charge on any atom is -0.480 e. The van der Waals surface area contributed by atoms with E-state index in [2.05, 4.69) is 20.6 Å². The second-order valence-corrected chi connectivity index (χ2v) is 10.7. The van der Waals surface area contributed by atoms with E-state index in [0.29, 0.717) is 29.4 Å². The molecular weight excluding hydrogens is 544 g/mol. The number of aliphatic hydroxyl groups excluding tert-OH is 1. The Morgan fingerprint density at radius 2 is 2.00 bits per heavy atom. The Morgan fingerprint density at radius 3 is 2.72 bits per heavy atom. The van der Waals surface area contributed by atoms with Gasteiger partial charge in [-0.05, 0) is 37.0 Å². The topological polar surface area (TPSA) is 105 Å². The van der Waals surface area contributed by atoms with Crippen LogP contribution in [0.15, 0.2) is 29.2 Å².